The van der Waals surface area contributed by atoms with Gasteiger partial charge in [0, 0.05) is 13.1 Å². The van der Waals surface area contributed by atoms with E-state index in [-0.39, 0.29) is 5.91 Å². The van der Waals surface area contributed by atoms with Crippen LogP contribution in [0, 0.1) is 0 Å². The van der Waals surface area contributed by atoms with Crippen LogP contribution in [-0.2, 0) is 4.79 Å². The first-order valence-corrected chi connectivity index (χ1v) is 5.95. The number of hydrogen-bond donors (Lipinski definition) is 1. The van der Waals surface area contributed by atoms with Gasteiger partial charge >= 0.3 is 0 Å². The molecule has 0 atom stereocenters. The zero-order valence-corrected chi connectivity index (χ0v) is 10.5. The fourth-order valence-corrected chi connectivity index (χ4v) is 2.18. The van der Waals surface area contributed by atoms with Crippen LogP contribution in [0.3, 0.4) is 0 Å². The van der Waals surface area contributed by atoms with Gasteiger partial charge in [0.1, 0.15) is 0 Å². The van der Waals surface area contributed by atoms with E-state index >= 15 is 0 Å². The summed E-state index contributed by atoms with van der Waals surface area (Å²) < 4.78 is 0. The molecule has 0 radical (unpaired) electrons. The normalized spacial score (nSPS) is 18.9. The highest BCUT2D eigenvalue weighted by Gasteiger charge is 2.32. The average molecular weight is 212 g/mol. The predicted octanol–water partition coefficient (Wildman–Crippen LogP) is 1.78. The van der Waals surface area contributed by atoms with Gasteiger partial charge in [-0.3, -0.25) is 4.79 Å². The lowest BCUT2D eigenvalue weighted by molar-refractivity contribution is -0.138. The number of carbonyl (C=O) groups is 1. The second kappa shape index (κ2) is 4.97. The summed E-state index contributed by atoms with van der Waals surface area (Å²) in [5, 5.41) is 3.07. The lowest BCUT2D eigenvalue weighted by Crippen LogP contribution is -2.54. The van der Waals surface area contributed by atoms with Crippen molar-refractivity contribution < 1.29 is 4.79 Å². The number of nitrogens with one attached hydrogen (secondary N) is 1. The monoisotopic (exact) mass is 212 g/mol. The molecule has 0 aliphatic heterocycles. The van der Waals surface area contributed by atoms with E-state index in [1.165, 1.54) is 32.1 Å². The average Bonchev–Trinajstić information content (AvgIpc) is 2.28. The topological polar surface area (TPSA) is 32.3 Å². The molecular formula is C12H24N2O. The van der Waals surface area contributed by atoms with Crippen molar-refractivity contribution in [2.75, 3.05) is 14.1 Å². The Morgan fingerprint density at radius 1 is 1.27 bits per heavy atom. The zero-order chi connectivity index (χ0) is 11.5. The second-order valence-corrected chi connectivity index (χ2v) is 5.08. The first-order chi connectivity index (χ1) is 6.99. The van der Waals surface area contributed by atoms with Crippen molar-refractivity contribution in [3.8, 4) is 0 Å². The molecule has 0 heterocycles. The fraction of sp³-hybridized carbons (Fsp3) is 0.917. The molecule has 0 aromatic carbocycles. The summed E-state index contributed by atoms with van der Waals surface area (Å²) in [6.07, 6.45) is 6.20. The number of rotatable bonds is 3. The Balaban J connectivity index is 2.58. The number of amides is 1. The molecule has 1 saturated carbocycles. The SMILES string of the molecule is CNC(C)(C)C(=O)N(C)C1CCCCC1. The van der Waals surface area contributed by atoms with Crippen molar-refractivity contribution in [2.24, 2.45) is 0 Å². The molecule has 15 heavy (non-hydrogen) atoms. The third kappa shape index (κ3) is 2.94. The Morgan fingerprint density at radius 3 is 2.27 bits per heavy atom. The lowest BCUT2D eigenvalue weighted by atomic mass is 9.93. The highest BCUT2D eigenvalue weighted by molar-refractivity contribution is 5.85. The quantitative estimate of drug-likeness (QED) is 0.773. The van der Waals surface area contributed by atoms with Crippen LogP contribution >= 0.6 is 0 Å². The van der Waals surface area contributed by atoms with E-state index in [4.69, 9.17) is 0 Å². The minimum absolute atomic E-state index is 0.205. The first kappa shape index (κ1) is 12.5. The second-order valence-electron chi connectivity index (χ2n) is 5.08. The molecule has 1 fully saturated rings. The minimum Gasteiger partial charge on any atom is -0.341 e. The number of hydrogen-bond acceptors (Lipinski definition) is 2. The van der Waals surface area contributed by atoms with E-state index in [0.717, 1.165) is 0 Å². The van der Waals surface area contributed by atoms with Crippen LogP contribution < -0.4 is 5.32 Å². The molecule has 1 N–H and O–H groups in total. The molecule has 1 aliphatic rings. The number of nitrogens with zero attached hydrogens (tertiary/aromatic N) is 1. The van der Waals surface area contributed by atoms with E-state index in [2.05, 4.69) is 5.32 Å². The van der Waals surface area contributed by atoms with Crippen LogP contribution in [0.1, 0.15) is 46.0 Å². The Labute approximate surface area is 93.2 Å². The third-order valence-corrected chi connectivity index (χ3v) is 3.60. The largest absolute Gasteiger partial charge is 0.341 e. The molecule has 0 aromatic rings. The Kier molecular flexibility index (Phi) is 4.14. The zero-order valence-electron chi connectivity index (χ0n) is 10.5. The maximum Gasteiger partial charge on any atom is 0.242 e. The third-order valence-electron chi connectivity index (χ3n) is 3.60. The number of likely N-dealkylation sites (N-methyl/N-ethyl adjacent to an activating group) is 2. The van der Waals surface area contributed by atoms with Gasteiger partial charge in [-0.1, -0.05) is 19.3 Å². The predicted molar refractivity (Wildman–Crippen MR) is 62.8 cm³/mol. The summed E-state index contributed by atoms with van der Waals surface area (Å²) in [7, 11) is 3.78. The summed E-state index contributed by atoms with van der Waals surface area (Å²) in [4.78, 5) is 14.1. The summed E-state index contributed by atoms with van der Waals surface area (Å²) >= 11 is 0. The molecule has 1 rings (SSSR count). The van der Waals surface area contributed by atoms with E-state index in [1.807, 2.05) is 32.8 Å². The molecule has 88 valence electrons. The Morgan fingerprint density at radius 2 is 1.80 bits per heavy atom. The van der Waals surface area contributed by atoms with Gasteiger partial charge in [0.05, 0.1) is 5.54 Å². The molecule has 0 unspecified atom stereocenters. The molecule has 1 aliphatic carbocycles. The Hall–Kier alpha value is -0.570. The van der Waals surface area contributed by atoms with Gasteiger partial charge in [0.15, 0.2) is 0 Å². The van der Waals surface area contributed by atoms with Crippen LogP contribution in [0.5, 0.6) is 0 Å². The van der Waals surface area contributed by atoms with Gasteiger partial charge in [-0.2, -0.15) is 0 Å². The van der Waals surface area contributed by atoms with Gasteiger partial charge in [0.2, 0.25) is 5.91 Å². The smallest absolute Gasteiger partial charge is 0.242 e. The van der Waals surface area contributed by atoms with Crippen molar-refractivity contribution in [1.82, 2.24) is 10.2 Å². The molecule has 0 spiro atoms. The molecule has 3 nitrogen and oxygen atoms in total. The number of carbonyl (C=O) groups excluding carboxylic acids is 1. The molecule has 3 heteroatoms. The first-order valence-electron chi connectivity index (χ1n) is 5.95. The fourth-order valence-electron chi connectivity index (χ4n) is 2.18. The van der Waals surface area contributed by atoms with Gasteiger partial charge in [-0.15, -0.1) is 0 Å². The van der Waals surface area contributed by atoms with Crippen molar-refractivity contribution in [3.05, 3.63) is 0 Å². The highest BCUT2D eigenvalue weighted by Crippen LogP contribution is 2.23. The minimum atomic E-state index is -0.438. The highest BCUT2D eigenvalue weighted by atomic mass is 16.2. The van der Waals surface area contributed by atoms with Crippen molar-refractivity contribution >= 4 is 5.91 Å². The molecular weight excluding hydrogens is 188 g/mol. The van der Waals surface area contributed by atoms with E-state index < -0.39 is 5.54 Å². The van der Waals surface area contributed by atoms with Crippen molar-refractivity contribution in [3.63, 3.8) is 0 Å². The summed E-state index contributed by atoms with van der Waals surface area (Å²) in [5.41, 5.74) is -0.438. The van der Waals surface area contributed by atoms with Gasteiger partial charge < -0.3 is 10.2 Å². The van der Waals surface area contributed by atoms with Crippen LogP contribution in [0.2, 0.25) is 0 Å². The van der Waals surface area contributed by atoms with Gasteiger partial charge in [0.25, 0.3) is 0 Å². The standard InChI is InChI=1S/C12H24N2O/c1-12(2,13-3)11(15)14(4)10-8-6-5-7-9-10/h10,13H,5-9H2,1-4H3. The van der Waals surface area contributed by atoms with Crippen LogP contribution in [0.4, 0.5) is 0 Å². The molecule has 0 aromatic heterocycles. The van der Waals surface area contributed by atoms with Crippen molar-refractivity contribution in [2.45, 2.75) is 57.5 Å². The van der Waals surface area contributed by atoms with E-state index in [9.17, 15) is 4.79 Å². The van der Waals surface area contributed by atoms with Gasteiger partial charge in [-0.05, 0) is 33.7 Å². The molecule has 0 bridgehead atoms. The maximum absolute atomic E-state index is 12.2. The van der Waals surface area contributed by atoms with Gasteiger partial charge in [-0.25, -0.2) is 0 Å². The lowest BCUT2D eigenvalue weighted by Gasteiger charge is -2.36. The van der Waals surface area contributed by atoms with Crippen molar-refractivity contribution in [1.29, 1.82) is 0 Å². The van der Waals surface area contributed by atoms with Crippen LogP contribution in [-0.4, -0.2) is 36.5 Å². The Bertz CT molecular complexity index is 220. The van der Waals surface area contributed by atoms with E-state index in [1.54, 1.807) is 0 Å². The molecule has 1 amide bonds. The molecule has 0 saturated heterocycles. The summed E-state index contributed by atoms with van der Waals surface area (Å²) in [5.74, 6) is 0.205. The van der Waals surface area contributed by atoms with Crippen LogP contribution in [0.15, 0.2) is 0 Å². The summed E-state index contributed by atoms with van der Waals surface area (Å²) in [6.45, 7) is 3.88. The van der Waals surface area contributed by atoms with E-state index in [0.29, 0.717) is 6.04 Å². The summed E-state index contributed by atoms with van der Waals surface area (Å²) in [6, 6.07) is 0.457. The van der Waals surface area contributed by atoms with Crippen LogP contribution in [0.25, 0.3) is 0 Å². The maximum atomic E-state index is 12.2.